The molecule has 0 bridgehead atoms. The summed E-state index contributed by atoms with van der Waals surface area (Å²) in [5.41, 5.74) is 0.475. The Kier molecular flexibility index (Phi) is 8.09. The number of carbonyl (C=O) groups excluding carboxylic acids is 2. The Labute approximate surface area is 192 Å². The summed E-state index contributed by atoms with van der Waals surface area (Å²) >= 11 is 26.3. The van der Waals surface area contributed by atoms with Crippen molar-refractivity contribution in [2.24, 2.45) is 0 Å². The van der Waals surface area contributed by atoms with E-state index in [1.54, 1.807) is 0 Å². The molecule has 2 aromatic rings. The average Bonchev–Trinajstić information content (AvgIpc) is 2.59. The molecule has 0 saturated carbocycles. The zero-order chi connectivity index (χ0) is 21.9. The van der Waals surface area contributed by atoms with Gasteiger partial charge in [0.1, 0.15) is 11.5 Å². The molecule has 0 radical (unpaired) electrons. The normalized spacial score (nSPS) is 10.4. The average molecular weight is 492 g/mol. The minimum Gasteiger partial charge on any atom is -0.423 e. The maximum atomic E-state index is 11.7. The van der Waals surface area contributed by atoms with E-state index in [1.165, 1.54) is 38.1 Å². The number of halogens is 4. The molecule has 2 aromatic carbocycles. The molecule has 0 amide bonds. The van der Waals surface area contributed by atoms with Crippen LogP contribution in [0, 0.1) is 0 Å². The van der Waals surface area contributed by atoms with Crippen molar-refractivity contribution in [3.8, 4) is 11.5 Å². The number of carbonyl (C=O) groups is 2. The summed E-state index contributed by atoms with van der Waals surface area (Å²) in [5.74, 6) is -0.833. The summed E-state index contributed by atoms with van der Waals surface area (Å²) < 4.78 is 10.3. The first-order valence-electron chi connectivity index (χ1n) is 7.91. The number of esters is 2. The number of hydrogen-bond donors (Lipinski definition) is 0. The van der Waals surface area contributed by atoms with Gasteiger partial charge in [0.25, 0.3) is 0 Å². The molecule has 0 atom stereocenters. The minimum atomic E-state index is -0.594. The molecule has 0 unspecified atom stereocenters. The van der Waals surface area contributed by atoms with Crippen LogP contribution in [0.1, 0.15) is 13.8 Å². The highest BCUT2D eigenvalue weighted by atomic mass is 35.5. The SMILES string of the molecule is C=C(C)C(=O)Oc1cc(Cl)c(Sc2c(Cl)cc(OC(=O)C(=C)C)cc2Cl)c(Cl)c1. The van der Waals surface area contributed by atoms with Crippen LogP contribution in [0.2, 0.25) is 20.1 Å². The zero-order valence-corrected chi connectivity index (χ0v) is 19.1. The van der Waals surface area contributed by atoms with Crippen LogP contribution in [0.4, 0.5) is 0 Å². The summed E-state index contributed by atoms with van der Waals surface area (Å²) in [6.45, 7) is 10.1. The van der Waals surface area contributed by atoms with E-state index in [9.17, 15) is 9.59 Å². The molecule has 2 rings (SSSR count). The first-order chi connectivity index (χ1) is 13.5. The van der Waals surface area contributed by atoms with Crippen LogP contribution in [0.3, 0.4) is 0 Å². The molecule has 0 aliphatic heterocycles. The highest BCUT2D eigenvalue weighted by Crippen LogP contribution is 2.46. The smallest absolute Gasteiger partial charge is 0.338 e. The zero-order valence-electron chi connectivity index (χ0n) is 15.3. The molecule has 0 heterocycles. The van der Waals surface area contributed by atoms with Crippen molar-refractivity contribution in [1.82, 2.24) is 0 Å². The van der Waals surface area contributed by atoms with Crippen molar-refractivity contribution < 1.29 is 19.1 Å². The highest BCUT2D eigenvalue weighted by Gasteiger charge is 2.18. The molecule has 0 spiro atoms. The fourth-order valence-electron chi connectivity index (χ4n) is 1.88. The fraction of sp³-hybridized carbons (Fsp3) is 0.100. The van der Waals surface area contributed by atoms with Gasteiger partial charge in [-0.15, -0.1) is 0 Å². The number of hydrogen-bond acceptors (Lipinski definition) is 5. The molecule has 0 aliphatic rings. The molecule has 0 fully saturated rings. The number of ether oxygens (including phenoxy) is 2. The Hall–Kier alpha value is -1.63. The van der Waals surface area contributed by atoms with Crippen molar-refractivity contribution in [2.75, 3.05) is 0 Å². The van der Waals surface area contributed by atoms with Gasteiger partial charge in [-0.05, 0) is 13.8 Å². The molecule has 0 aliphatic carbocycles. The van der Waals surface area contributed by atoms with Gasteiger partial charge in [-0.1, -0.05) is 71.3 Å². The second kappa shape index (κ2) is 9.92. The van der Waals surface area contributed by atoms with E-state index in [4.69, 9.17) is 55.9 Å². The van der Waals surface area contributed by atoms with Gasteiger partial charge < -0.3 is 9.47 Å². The summed E-state index contributed by atoms with van der Waals surface area (Å²) in [4.78, 5) is 24.2. The standard InChI is InChI=1S/C20H14Cl4O4S/c1-9(2)19(25)27-11-5-13(21)17(14(22)6-11)29-18-15(23)7-12(8-16(18)24)28-20(26)10(3)4/h5-8H,1,3H2,2,4H3. The third kappa shape index (κ3) is 6.17. The molecular formula is C20H14Cl4O4S. The van der Waals surface area contributed by atoms with E-state index in [0.717, 1.165) is 11.8 Å². The van der Waals surface area contributed by atoms with Gasteiger partial charge in [0.2, 0.25) is 0 Å². The van der Waals surface area contributed by atoms with E-state index in [0.29, 0.717) is 9.79 Å². The molecule has 0 N–H and O–H groups in total. The van der Waals surface area contributed by atoms with Crippen LogP contribution in [-0.2, 0) is 9.59 Å². The Morgan fingerprint density at radius 2 is 1.00 bits per heavy atom. The first-order valence-corrected chi connectivity index (χ1v) is 10.2. The van der Waals surface area contributed by atoms with Crippen molar-refractivity contribution in [2.45, 2.75) is 23.6 Å². The Morgan fingerprint density at radius 1 is 0.724 bits per heavy atom. The van der Waals surface area contributed by atoms with Gasteiger partial charge in [-0.25, -0.2) is 9.59 Å². The first kappa shape index (κ1) is 23.6. The van der Waals surface area contributed by atoms with Crippen molar-refractivity contribution >= 4 is 70.1 Å². The summed E-state index contributed by atoms with van der Waals surface area (Å²) in [5, 5.41) is 0.933. The second-order valence-corrected chi connectivity index (χ2v) is 8.52. The second-order valence-electron chi connectivity index (χ2n) is 5.87. The molecular weight excluding hydrogens is 478 g/mol. The topological polar surface area (TPSA) is 52.6 Å². The maximum absolute atomic E-state index is 11.7. The van der Waals surface area contributed by atoms with Crippen molar-refractivity contribution in [1.29, 1.82) is 0 Å². The lowest BCUT2D eigenvalue weighted by molar-refractivity contribution is -0.130. The van der Waals surface area contributed by atoms with Gasteiger partial charge in [0.05, 0.1) is 20.1 Å². The van der Waals surface area contributed by atoms with E-state index in [-0.39, 0.29) is 42.7 Å². The van der Waals surface area contributed by atoms with Gasteiger partial charge in [0, 0.05) is 45.2 Å². The van der Waals surface area contributed by atoms with E-state index in [1.807, 2.05) is 0 Å². The lowest BCUT2D eigenvalue weighted by Crippen LogP contribution is -2.08. The Bertz CT molecular complexity index is 906. The molecule has 29 heavy (non-hydrogen) atoms. The van der Waals surface area contributed by atoms with Gasteiger partial charge in [-0.2, -0.15) is 0 Å². The molecule has 0 aromatic heterocycles. The maximum Gasteiger partial charge on any atom is 0.338 e. The van der Waals surface area contributed by atoms with Crippen LogP contribution in [0.15, 0.2) is 58.4 Å². The molecule has 9 heteroatoms. The molecule has 0 saturated heterocycles. The number of benzene rings is 2. The predicted octanol–water partition coefficient (Wildman–Crippen LogP) is 7.41. The summed E-state index contributed by atoms with van der Waals surface area (Å²) in [6, 6.07) is 5.78. The van der Waals surface area contributed by atoms with Crippen LogP contribution in [0.25, 0.3) is 0 Å². The summed E-state index contributed by atoms with van der Waals surface area (Å²) in [6.07, 6.45) is 0. The van der Waals surface area contributed by atoms with Crippen LogP contribution in [-0.4, -0.2) is 11.9 Å². The van der Waals surface area contributed by atoms with Crippen LogP contribution in [0.5, 0.6) is 11.5 Å². The lowest BCUT2D eigenvalue weighted by atomic mass is 10.3. The van der Waals surface area contributed by atoms with E-state index < -0.39 is 11.9 Å². The minimum absolute atomic E-state index is 0.177. The number of rotatable bonds is 6. The third-order valence-corrected chi connectivity index (χ3v) is 6.19. The van der Waals surface area contributed by atoms with Gasteiger partial charge in [-0.3, -0.25) is 0 Å². The van der Waals surface area contributed by atoms with Crippen molar-refractivity contribution in [3.05, 3.63) is 68.7 Å². The van der Waals surface area contributed by atoms with E-state index in [2.05, 4.69) is 13.2 Å². The van der Waals surface area contributed by atoms with E-state index >= 15 is 0 Å². The molecule has 4 nitrogen and oxygen atoms in total. The third-order valence-electron chi connectivity index (χ3n) is 3.27. The fourth-order valence-corrected chi connectivity index (χ4v) is 4.10. The monoisotopic (exact) mass is 490 g/mol. The quantitative estimate of drug-likeness (QED) is 0.239. The largest absolute Gasteiger partial charge is 0.423 e. The molecule has 152 valence electrons. The van der Waals surface area contributed by atoms with Crippen LogP contribution >= 0.6 is 58.2 Å². The predicted molar refractivity (Wildman–Crippen MR) is 118 cm³/mol. The lowest BCUT2D eigenvalue weighted by Gasteiger charge is -2.13. The Balaban J connectivity index is 2.32. The Morgan fingerprint density at radius 3 is 1.24 bits per heavy atom. The highest BCUT2D eigenvalue weighted by molar-refractivity contribution is 7.99. The van der Waals surface area contributed by atoms with Gasteiger partial charge >= 0.3 is 11.9 Å². The van der Waals surface area contributed by atoms with Crippen LogP contribution < -0.4 is 9.47 Å². The van der Waals surface area contributed by atoms with Gasteiger partial charge in [0.15, 0.2) is 0 Å². The van der Waals surface area contributed by atoms with Crippen molar-refractivity contribution in [3.63, 3.8) is 0 Å². The summed E-state index contributed by atoms with van der Waals surface area (Å²) in [7, 11) is 0.